The van der Waals surface area contributed by atoms with Crippen LogP contribution in [0.3, 0.4) is 0 Å². The molecule has 0 aliphatic heterocycles. The third-order valence-corrected chi connectivity index (χ3v) is 2.01. The Labute approximate surface area is 80.7 Å². The van der Waals surface area contributed by atoms with Crippen LogP contribution < -0.4 is 5.73 Å². The summed E-state index contributed by atoms with van der Waals surface area (Å²) < 4.78 is 38.8. The van der Waals surface area contributed by atoms with Gasteiger partial charge in [-0.3, -0.25) is 0 Å². The third-order valence-electron chi connectivity index (χ3n) is 2.01. The maximum Gasteiger partial charge on any atom is 0.133 e. The van der Waals surface area contributed by atoms with E-state index in [0.29, 0.717) is 18.6 Å². The van der Waals surface area contributed by atoms with Gasteiger partial charge in [-0.05, 0) is 6.42 Å². The molecule has 2 N–H and O–H groups in total. The van der Waals surface area contributed by atoms with E-state index in [1.165, 1.54) is 0 Å². The molecule has 0 amide bonds. The maximum atomic E-state index is 13.1. The van der Waals surface area contributed by atoms with Crippen molar-refractivity contribution in [1.29, 1.82) is 0 Å². The number of hydrogen-bond acceptors (Lipinski definition) is 1. The van der Waals surface area contributed by atoms with Crippen molar-refractivity contribution in [1.82, 2.24) is 0 Å². The molecule has 0 aliphatic rings. The first-order chi connectivity index (χ1) is 6.56. The zero-order valence-electron chi connectivity index (χ0n) is 7.86. The van der Waals surface area contributed by atoms with E-state index in [1.54, 1.807) is 0 Å². The second-order valence-corrected chi connectivity index (χ2v) is 3.18. The summed E-state index contributed by atoms with van der Waals surface area (Å²) in [5.74, 6) is -2.75. The van der Waals surface area contributed by atoms with Crippen LogP contribution in [0.2, 0.25) is 0 Å². The van der Waals surface area contributed by atoms with Crippen molar-refractivity contribution in [2.45, 2.75) is 25.8 Å². The highest BCUT2D eigenvalue weighted by Gasteiger charge is 2.17. The highest BCUT2D eigenvalue weighted by molar-refractivity contribution is 5.23. The molecule has 1 unspecified atom stereocenters. The molecule has 0 aliphatic carbocycles. The molecule has 1 aromatic carbocycles. The van der Waals surface area contributed by atoms with Crippen LogP contribution in [-0.2, 0) is 0 Å². The van der Waals surface area contributed by atoms with Gasteiger partial charge in [-0.15, -0.1) is 0 Å². The van der Waals surface area contributed by atoms with Crippen LogP contribution in [0.1, 0.15) is 31.4 Å². The molecule has 0 aromatic heterocycles. The maximum absolute atomic E-state index is 13.1. The van der Waals surface area contributed by atoms with Gasteiger partial charge in [0.25, 0.3) is 0 Å². The zero-order valence-corrected chi connectivity index (χ0v) is 7.86. The van der Waals surface area contributed by atoms with Crippen LogP contribution in [0.5, 0.6) is 0 Å². The lowest BCUT2D eigenvalue weighted by Gasteiger charge is -2.12. The molecule has 1 atom stereocenters. The summed E-state index contributed by atoms with van der Waals surface area (Å²) in [4.78, 5) is 0. The van der Waals surface area contributed by atoms with Crippen molar-refractivity contribution >= 4 is 0 Å². The van der Waals surface area contributed by atoms with Crippen molar-refractivity contribution in [3.8, 4) is 0 Å². The summed E-state index contributed by atoms with van der Waals surface area (Å²) in [6.07, 6.45) is 1.19. The lowest BCUT2D eigenvalue weighted by Crippen LogP contribution is -2.14. The second-order valence-electron chi connectivity index (χ2n) is 3.18. The van der Waals surface area contributed by atoms with Gasteiger partial charge in [-0.2, -0.15) is 0 Å². The number of rotatable bonds is 3. The Morgan fingerprint density at radius 2 is 1.71 bits per heavy atom. The van der Waals surface area contributed by atoms with Gasteiger partial charge in [-0.1, -0.05) is 13.3 Å². The molecule has 0 spiro atoms. The van der Waals surface area contributed by atoms with Crippen LogP contribution in [0.4, 0.5) is 13.2 Å². The lowest BCUT2D eigenvalue weighted by molar-refractivity contribution is 0.491. The predicted molar refractivity (Wildman–Crippen MR) is 48.2 cm³/mol. The first-order valence-corrected chi connectivity index (χ1v) is 4.46. The standard InChI is InChI=1S/C10H12F3N/c1-2-3-9(14)10-7(12)4-6(11)5-8(10)13/h4-5,9H,2-3,14H2,1H3. The molecule has 1 rings (SSSR count). The first kappa shape index (κ1) is 11.0. The Morgan fingerprint density at radius 1 is 1.21 bits per heavy atom. The fourth-order valence-corrected chi connectivity index (χ4v) is 1.36. The van der Waals surface area contributed by atoms with Crippen LogP contribution in [0.25, 0.3) is 0 Å². The molecule has 1 nitrogen and oxygen atoms in total. The van der Waals surface area contributed by atoms with Crippen LogP contribution in [-0.4, -0.2) is 0 Å². The third kappa shape index (κ3) is 2.26. The Bertz CT molecular complexity index is 302. The van der Waals surface area contributed by atoms with Crippen molar-refractivity contribution in [3.05, 3.63) is 35.1 Å². The van der Waals surface area contributed by atoms with Gasteiger partial charge in [0, 0.05) is 23.7 Å². The average molecular weight is 203 g/mol. The molecule has 14 heavy (non-hydrogen) atoms. The molecule has 0 fully saturated rings. The minimum absolute atomic E-state index is 0.228. The topological polar surface area (TPSA) is 26.0 Å². The Balaban J connectivity index is 3.07. The smallest absolute Gasteiger partial charge is 0.133 e. The molecule has 1 aromatic rings. The van der Waals surface area contributed by atoms with Gasteiger partial charge >= 0.3 is 0 Å². The quantitative estimate of drug-likeness (QED) is 0.803. The predicted octanol–water partition coefficient (Wildman–Crippen LogP) is 2.90. The van der Waals surface area contributed by atoms with E-state index in [9.17, 15) is 13.2 Å². The van der Waals surface area contributed by atoms with E-state index in [4.69, 9.17) is 5.73 Å². The molecule has 0 saturated heterocycles. The molecular formula is C10H12F3N. The fraction of sp³-hybridized carbons (Fsp3) is 0.400. The van der Waals surface area contributed by atoms with E-state index in [1.807, 2.05) is 6.92 Å². The van der Waals surface area contributed by atoms with E-state index >= 15 is 0 Å². The second kappa shape index (κ2) is 4.46. The summed E-state index contributed by atoms with van der Waals surface area (Å²) in [6.45, 7) is 1.86. The van der Waals surface area contributed by atoms with Crippen LogP contribution >= 0.6 is 0 Å². The summed E-state index contributed by atoms with van der Waals surface area (Å²) in [6, 6.07) is 0.586. The number of benzene rings is 1. The highest BCUT2D eigenvalue weighted by atomic mass is 19.1. The minimum Gasteiger partial charge on any atom is -0.324 e. The SMILES string of the molecule is CCCC(N)c1c(F)cc(F)cc1F. The van der Waals surface area contributed by atoms with Gasteiger partial charge < -0.3 is 5.73 Å². The molecule has 0 bridgehead atoms. The number of nitrogens with two attached hydrogens (primary N) is 1. The van der Waals surface area contributed by atoms with Crippen LogP contribution in [0.15, 0.2) is 12.1 Å². The monoisotopic (exact) mass is 203 g/mol. The van der Waals surface area contributed by atoms with Crippen molar-refractivity contribution < 1.29 is 13.2 Å². The summed E-state index contributed by atoms with van der Waals surface area (Å²) >= 11 is 0. The number of halogens is 3. The largest absolute Gasteiger partial charge is 0.324 e. The summed E-state index contributed by atoms with van der Waals surface area (Å²) in [5, 5.41) is 0. The Hall–Kier alpha value is -1.03. The first-order valence-electron chi connectivity index (χ1n) is 4.46. The molecule has 0 radical (unpaired) electrons. The average Bonchev–Trinajstić information content (AvgIpc) is 2.01. The molecule has 78 valence electrons. The van der Waals surface area contributed by atoms with Crippen LogP contribution in [0, 0.1) is 17.5 Å². The van der Waals surface area contributed by atoms with Crippen molar-refractivity contribution in [2.24, 2.45) is 5.73 Å². The normalized spacial score (nSPS) is 12.9. The van der Waals surface area contributed by atoms with E-state index in [0.717, 1.165) is 6.42 Å². The zero-order chi connectivity index (χ0) is 10.7. The molecule has 0 saturated carbocycles. The van der Waals surface area contributed by atoms with Crippen molar-refractivity contribution in [3.63, 3.8) is 0 Å². The van der Waals surface area contributed by atoms with Gasteiger partial charge in [0.1, 0.15) is 17.5 Å². The molecule has 4 heteroatoms. The van der Waals surface area contributed by atoms with Gasteiger partial charge in [0.2, 0.25) is 0 Å². The minimum atomic E-state index is -0.924. The lowest BCUT2D eigenvalue weighted by atomic mass is 10.0. The van der Waals surface area contributed by atoms with E-state index in [2.05, 4.69) is 0 Å². The van der Waals surface area contributed by atoms with E-state index in [-0.39, 0.29) is 5.56 Å². The molecular weight excluding hydrogens is 191 g/mol. The van der Waals surface area contributed by atoms with E-state index < -0.39 is 23.5 Å². The number of hydrogen-bond donors (Lipinski definition) is 1. The fourth-order valence-electron chi connectivity index (χ4n) is 1.36. The Morgan fingerprint density at radius 3 is 2.14 bits per heavy atom. The van der Waals surface area contributed by atoms with Gasteiger partial charge in [0.15, 0.2) is 0 Å². The molecule has 0 heterocycles. The highest BCUT2D eigenvalue weighted by Crippen LogP contribution is 2.23. The van der Waals surface area contributed by atoms with Crippen molar-refractivity contribution in [2.75, 3.05) is 0 Å². The summed E-state index contributed by atoms with van der Waals surface area (Å²) in [5.41, 5.74) is 5.33. The summed E-state index contributed by atoms with van der Waals surface area (Å²) in [7, 11) is 0. The van der Waals surface area contributed by atoms with Gasteiger partial charge in [0.05, 0.1) is 0 Å². The Kier molecular flexibility index (Phi) is 3.52. The van der Waals surface area contributed by atoms with Gasteiger partial charge in [-0.25, -0.2) is 13.2 Å².